The average molecular weight is 300 g/mol. The molecule has 1 rings (SSSR count). The molecule has 1 aliphatic rings. The molecule has 104 valence electrons. The van der Waals surface area contributed by atoms with Gasteiger partial charge in [0.25, 0.3) is 0 Å². The lowest BCUT2D eigenvalue weighted by atomic mass is 10.5. The van der Waals surface area contributed by atoms with Gasteiger partial charge in [0.05, 0.1) is 0 Å². The number of hydrogen-bond donors (Lipinski definition) is 0. The molecule has 18 heavy (non-hydrogen) atoms. The van der Waals surface area contributed by atoms with Gasteiger partial charge in [-0.25, -0.2) is 0 Å². The minimum absolute atomic E-state index is 0.265. The molecule has 0 unspecified atom stereocenters. The summed E-state index contributed by atoms with van der Waals surface area (Å²) >= 11 is 0. The van der Waals surface area contributed by atoms with Crippen molar-refractivity contribution in [1.82, 2.24) is 0 Å². The second kappa shape index (κ2) is 4.03. The molecule has 0 saturated carbocycles. The van der Waals surface area contributed by atoms with E-state index in [1.165, 1.54) is 0 Å². The predicted molar refractivity (Wildman–Crippen MR) is 45.8 cm³/mol. The molecule has 10 heteroatoms. The smallest absolute Gasteiger partial charge is 0.175 e. The number of hydrogen-bond acceptors (Lipinski definition) is 0. The molecule has 0 aromatic carbocycles. The Bertz CT molecular complexity index is 345. The highest BCUT2D eigenvalue weighted by Crippen LogP contribution is 2.54. The Balaban J connectivity index is 3.63. The number of rotatable bonds is 1. The van der Waals surface area contributed by atoms with Crippen LogP contribution in [0.15, 0.2) is 23.4 Å². The van der Waals surface area contributed by atoms with Crippen molar-refractivity contribution in [2.24, 2.45) is 0 Å². The largest absolute Gasteiger partial charge is 0.452 e. The first-order valence-corrected chi connectivity index (χ1v) is 6.43. The summed E-state index contributed by atoms with van der Waals surface area (Å²) in [4.78, 5) is 0. The van der Waals surface area contributed by atoms with Crippen LogP contribution in [0.3, 0.4) is 0 Å². The fraction of sp³-hybridized carbons (Fsp3) is 0.500. The van der Waals surface area contributed by atoms with Crippen molar-refractivity contribution >= 4 is 8.07 Å². The van der Waals surface area contributed by atoms with Crippen molar-refractivity contribution in [3.63, 3.8) is 0 Å². The first-order chi connectivity index (χ1) is 7.86. The zero-order chi connectivity index (χ0) is 14.4. The summed E-state index contributed by atoms with van der Waals surface area (Å²) in [5, 5.41) is -1.70. The Morgan fingerprint density at radius 3 is 1.39 bits per heavy atom. The SMILES string of the molecule is FC(F)(F)[Si](C1=CCC=C1)(C(F)(F)F)C(F)(F)F. The second-order valence-electron chi connectivity index (χ2n) is 3.54. The van der Waals surface area contributed by atoms with Crippen molar-refractivity contribution < 1.29 is 39.5 Å². The Hall–Kier alpha value is -0.933. The molecule has 0 atom stereocenters. The van der Waals surface area contributed by atoms with Gasteiger partial charge in [0, 0.05) is 0 Å². The maximum atomic E-state index is 12.6. The highest BCUT2D eigenvalue weighted by Gasteiger charge is 2.88. The molecule has 0 radical (unpaired) electrons. The van der Waals surface area contributed by atoms with Gasteiger partial charge in [-0.05, 0) is 11.6 Å². The van der Waals surface area contributed by atoms with Crippen LogP contribution in [0.4, 0.5) is 39.5 Å². The van der Waals surface area contributed by atoms with Crippen LogP contribution in [-0.2, 0) is 0 Å². The van der Waals surface area contributed by atoms with E-state index in [9.17, 15) is 39.5 Å². The standard InChI is InChI=1S/C8H5F9Si/c9-6(10,11)18(7(12,13)14,8(15,16)17)5-3-1-2-4-5/h1,3-4H,2H2. The van der Waals surface area contributed by atoms with Crippen LogP contribution in [0.2, 0.25) is 0 Å². The Morgan fingerprint density at radius 2 is 1.17 bits per heavy atom. The summed E-state index contributed by atoms with van der Waals surface area (Å²) < 4.78 is 113. The van der Waals surface area contributed by atoms with Gasteiger partial charge in [-0.3, -0.25) is 0 Å². The van der Waals surface area contributed by atoms with E-state index in [0.29, 0.717) is 6.08 Å². The molecular weight excluding hydrogens is 295 g/mol. The van der Waals surface area contributed by atoms with E-state index in [1.54, 1.807) is 0 Å². The van der Waals surface area contributed by atoms with Crippen LogP contribution in [-0.4, -0.2) is 25.5 Å². The normalized spacial score (nSPS) is 18.2. The average Bonchev–Trinajstić information content (AvgIpc) is 2.48. The summed E-state index contributed by atoms with van der Waals surface area (Å²) in [6.45, 7) is 0. The second-order valence-corrected chi connectivity index (χ2v) is 7.32. The van der Waals surface area contributed by atoms with Crippen LogP contribution < -0.4 is 0 Å². The number of alkyl halides is 9. The zero-order valence-corrected chi connectivity index (χ0v) is 9.34. The summed E-state index contributed by atoms with van der Waals surface area (Å²) in [6.07, 6.45) is 1.06. The topological polar surface area (TPSA) is 0 Å². The fourth-order valence-electron chi connectivity index (χ4n) is 1.71. The van der Waals surface area contributed by atoms with Crippen LogP contribution in [0.25, 0.3) is 0 Å². The first kappa shape index (κ1) is 15.1. The molecule has 0 fully saturated rings. The van der Waals surface area contributed by atoms with Crippen LogP contribution >= 0.6 is 0 Å². The van der Waals surface area contributed by atoms with Gasteiger partial charge in [-0.15, -0.1) is 0 Å². The van der Waals surface area contributed by atoms with E-state index < -0.39 is 30.7 Å². The molecular formula is C8H5F9Si. The van der Waals surface area contributed by atoms with Gasteiger partial charge < -0.3 is 0 Å². The van der Waals surface area contributed by atoms with Gasteiger partial charge in [0.15, 0.2) is 0 Å². The summed E-state index contributed by atoms with van der Waals surface area (Å²) in [5.74, 6) is -19.2. The molecule has 0 aromatic heterocycles. The molecule has 0 N–H and O–H groups in total. The molecule has 0 aliphatic heterocycles. The molecule has 0 aromatic rings. The van der Waals surface area contributed by atoms with E-state index in [2.05, 4.69) is 0 Å². The van der Waals surface area contributed by atoms with Crippen molar-refractivity contribution in [3.8, 4) is 0 Å². The number of allylic oxidation sites excluding steroid dienone is 4. The molecule has 0 spiro atoms. The zero-order valence-electron chi connectivity index (χ0n) is 8.34. The Labute approximate surface area is 95.8 Å². The molecule has 1 aliphatic carbocycles. The maximum Gasteiger partial charge on any atom is 0.452 e. The molecule has 0 saturated heterocycles. The lowest BCUT2D eigenvalue weighted by molar-refractivity contribution is -0.160. The van der Waals surface area contributed by atoms with Crippen LogP contribution in [0.5, 0.6) is 0 Å². The third kappa shape index (κ3) is 1.95. The van der Waals surface area contributed by atoms with E-state index in [0.717, 1.165) is 6.08 Å². The molecule has 0 amide bonds. The molecule has 0 bridgehead atoms. The van der Waals surface area contributed by atoms with E-state index in [4.69, 9.17) is 0 Å². The van der Waals surface area contributed by atoms with Crippen LogP contribution in [0, 0.1) is 0 Å². The Morgan fingerprint density at radius 1 is 0.778 bits per heavy atom. The highest BCUT2D eigenvalue weighted by atomic mass is 28.3. The monoisotopic (exact) mass is 300 g/mol. The third-order valence-electron chi connectivity index (χ3n) is 2.48. The summed E-state index contributed by atoms with van der Waals surface area (Å²) in [6, 6.07) is 0. The fourth-order valence-corrected chi connectivity index (χ4v) is 4.45. The van der Waals surface area contributed by atoms with Gasteiger partial charge in [0.2, 0.25) is 0 Å². The van der Waals surface area contributed by atoms with Crippen molar-refractivity contribution in [1.29, 1.82) is 0 Å². The van der Waals surface area contributed by atoms with E-state index in [1.807, 2.05) is 0 Å². The number of halogens is 9. The minimum atomic E-state index is -7.69. The van der Waals surface area contributed by atoms with Crippen molar-refractivity contribution in [2.75, 3.05) is 0 Å². The van der Waals surface area contributed by atoms with Crippen molar-refractivity contribution in [3.05, 3.63) is 23.4 Å². The predicted octanol–water partition coefficient (Wildman–Crippen LogP) is 4.17. The molecule has 0 heterocycles. The molecule has 0 nitrogen and oxygen atoms in total. The lowest BCUT2D eigenvalue weighted by Gasteiger charge is -2.36. The van der Waals surface area contributed by atoms with Crippen LogP contribution in [0.1, 0.15) is 6.42 Å². The highest BCUT2D eigenvalue weighted by molar-refractivity contribution is 6.92. The summed E-state index contributed by atoms with van der Waals surface area (Å²) in [7, 11) is -7.69. The Kier molecular flexibility index (Phi) is 3.39. The third-order valence-corrected chi connectivity index (χ3v) is 6.27. The van der Waals surface area contributed by atoms with Crippen molar-refractivity contribution in [2.45, 2.75) is 23.8 Å². The maximum absolute atomic E-state index is 12.6. The van der Waals surface area contributed by atoms with E-state index >= 15 is 0 Å². The summed E-state index contributed by atoms with van der Waals surface area (Å²) in [5.41, 5.74) is 0. The first-order valence-electron chi connectivity index (χ1n) is 4.43. The van der Waals surface area contributed by atoms with Gasteiger partial charge in [-0.2, -0.15) is 39.5 Å². The van der Waals surface area contributed by atoms with Gasteiger partial charge in [-0.1, -0.05) is 18.2 Å². The van der Waals surface area contributed by atoms with Gasteiger partial charge >= 0.3 is 25.5 Å². The van der Waals surface area contributed by atoms with Gasteiger partial charge in [0.1, 0.15) is 0 Å². The quantitative estimate of drug-likeness (QED) is 0.504. The van der Waals surface area contributed by atoms with E-state index in [-0.39, 0.29) is 12.5 Å². The minimum Gasteiger partial charge on any atom is -0.175 e. The lowest BCUT2D eigenvalue weighted by Crippen LogP contribution is -2.72.